The van der Waals surface area contributed by atoms with Crippen molar-refractivity contribution in [3.8, 4) is 0 Å². The summed E-state index contributed by atoms with van der Waals surface area (Å²) in [7, 11) is 0. The number of morpholine rings is 1. The highest BCUT2D eigenvalue weighted by Crippen LogP contribution is 2.22. The Hall–Kier alpha value is -0.910. The summed E-state index contributed by atoms with van der Waals surface area (Å²) in [4.78, 5) is 18.1. The van der Waals surface area contributed by atoms with Crippen molar-refractivity contribution < 1.29 is 9.53 Å². The number of carbonyl (C=O) groups excluding carboxylic acids is 1. The highest BCUT2D eigenvalue weighted by Gasteiger charge is 2.27. The van der Waals surface area contributed by atoms with Crippen LogP contribution in [-0.2, 0) is 16.0 Å². The van der Waals surface area contributed by atoms with Gasteiger partial charge in [0.1, 0.15) is 0 Å². The summed E-state index contributed by atoms with van der Waals surface area (Å²) in [5, 5.41) is 2.04. The third-order valence-electron chi connectivity index (χ3n) is 4.88. The van der Waals surface area contributed by atoms with Crippen LogP contribution in [0.25, 0.3) is 0 Å². The van der Waals surface area contributed by atoms with Crippen molar-refractivity contribution in [2.45, 2.75) is 45.3 Å². The maximum Gasteiger partial charge on any atom is 0.227 e. The van der Waals surface area contributed by atoms with E-state index < -0.39 is 0 Å². The molecule has 2 fully saturated rings. The summed E-state index contributed by atoms with van der Waals surface area (Å²) in [6.07, 6.45) is 3.52. The van der Waals surface area contributed by atoms with Crippen LogP contribution in [0.4, 0.5) is 0 Å². The molecule has 4 nitrogen and oxygen atoms in total. The van der Waals surface area contributed by atoms with Crippen molar-refractivity contribution >= 4 is 17.2 Å². The van der Waals surface area contributed by atoms with Crippen molar-refractivity contribution in [3.63, 3.8) is 0 Å². The standard InChI is InChI=1S/C18H28N2O2S/c1-14-11-19(12-15(2)22-14)13-16-5-7-20(8-6-16)18(21)10-17-4-3-9-23-17/h3-4,9,14-16H,5-8,10-13H2,1-2H3/t14-,15-/m0/s1. The molecule has 2 atom stereocenters. The van der Waals surface area contributed by atoms with Gasteiger partial charge in [-0.25, -0.2) is 0 Å². The number of amides is 1. The highest BCUT2D eigenvalue weighted by atomic mass is 32.1. The van der Waals surface area contributed by atoms with E-state index in [1.807, 2.05) is 11.4 Å². The minimum Gasteiger partial charge on any atom is -0.373 e. The number of rotatable bonds is 4. The normalized spacial score (nSPS) is 27.3. The second kappa shape index (κ2) is 7.77. The number of piperidine rings is 1. The zero-order valence-electron chi connectivity index (χ0n) is 14.2. The molecule has 0 unspecified atom stereocenters. The van der Waals surface area contributed by atoms with Gasteiger partial charge in [0.05, 0.1) is 18.6 Å². The van der Waals surface area contributed by atoms with Gasteiger partial charge >= 0.3 is 0 Å². The molecule has 128 valence electrons. The monoisotopic (exact) mass is 336 g/mol. The molecule has 2 aliphatic rings. The average Bonchev–Trinajstić information content (AvgIpc) is 3.00. The molecule has 2 saturated heterocycles. The Kier molecular flexibility index (Phi) is 5.72. The van der Waals surface area contributed by atoms with Gasteiger partial charge in [-0.05, 0) is 44.1 Å². The molecule has 5 heteroatoms. The lowest BCUT2D eigenvalue weighted by Crippen LogP contribution is -2.48. The van der Waals surface area contributed by atoms with Gasteiger partial charge in [0.15, 0.2) is 0 Å². The number of carbonyl (C=O) groups is 1. The molecule has 23 heavy (non-hydrogen) atoms. The van der Waals surface area contributed by atoms with Crippen LogP contribution in [0.15, 0.2) is 17.5 Å². The maximum atomic E-state index is 12.4. The Morgan fingerprint density at radius 2 is 1.96 bits per heavy atom. The number of likely N-dealkylation sites (tertiary alicyclic amines) is 1. The van der Waals surface area contributed by atoms with Gasteiger partial charge < -0.3 is 9.64 Å². The van der Waals surface area contributed by atoms with Crippen molar-refractivity contribution in [3.05, 3.63) is 22.4 Å². The van der Waals surface area contributed by atoms with E-state index in [0.29, 0.717) is 24.5 Å². The molecule has 0 saturated carbocycles. The fourth-order valence-corrected chi connectivity index (χ4v) is 4.53. The van der Waals surface area contributed by atoms with Crippen LogP contribution in [0, 0.1) is 5.92 Å². The van der Waals surface area contributed by atoms with Crippen molar-refractivity contribution in [2.75, 3.05) is 32.7 Å². The number of hydrogen-bond acceptors (Lipinski definition) is 4. The van der Waals surface area contributed by atoms with Crippen LogP contribution in [0.5, 0.6) is 0 Å². The molecular formula is C18H28N2O2S. The van der Waals surface area contributed by atoms with Gasteiger partial charge in [-0.3, -0.25) is 9.69 Å². The first kappa shape index (κ1) is 16.9. The van der Waals surface area contributed by atoms with Gasteiger partial charge in [-0.2, -0.15) is 0 Å². The van der Waals surface area contributed by atoms with E-state index in [1.54, 1.807) is 11.3 Å². The van der Waals surface area contributed by atoms with Crippen molar-refractivity contribution in [1.29, 1.82) is 0 Å². The first-order chi connectivity index (χ1) is 11.1. The summed E-state index contributed by atoms with van der Waals surface area (Å²) < 4.78 is 5.81. The molecular weight excluding hydrogens is 308 g/mol. The molecule has 0 aromatic carbocycles. The van der Waals surface area contributed by atoms with E-state index >= 15 is 0 Å². The molecule has 3 heterocycles. The molecule has 0 radical (unpaired) electrons. The molecule has 1 aromatic heterocycles. The largest absolute Gasteiger partial charge is 0.373 e. The summed E-state index contributed by atoms with van der Waals surface area (Å²) in [5.74, 6) is 1.01. The van der Waals surface area contributed by atoms with Crippen LogP contribution in [0.1, 0.15) is 31.6 Å². The number of nitrogens with zero attached hydrogens (tertiary/aromatic N) is 2. The van der Waals surface area contributed by atoms with Gasteiger partial charge in [0.2, 0.25) is 5.91 Å². The van der Waals surface area contributed by atoms with Crippen LogP contribution in [0.3, 0.4) is 0 Å². The van der Waals surface area contributed by atoms with E-state index in [0.717, 1.165) is 51.5 Å². The van der Waals surface area contributed by atoms with E-state index in [9.17, 15) is 4.79 Å². The molecule has 0 bridgehead atoms. The third kappa shape index (κ3) is 4.78. The lowest BCUT2D eigenvalue weighted by Gasteiger charge is -2.39. The molecule has 0 N–H and O–H groups in total. The summed E-state index contributed by atoms with van der Waals surface area (Å²) >= 11 is 1.67. The van der Waals surface area contributed by atoms with E-state index in [2.05, 4.69) is 29.7 Å². The fraction of sp³-hybridized carbons (Fsp3) is 0.722. The van der Waals surface area contributed by atoms with Crippen LogP contribution in [-0.4, -0.2) is 60.6 Å². The fourth-order valence-electron chi connectivity index (χ4n) is 3.84. The van der Waals surface area contributed by atoms with Gasteiger partial charge in [-0.1, -0.05) is 6.07 Å². The Balaban J connectivity index is 1.42. The number of ether oxygens (including phenoxy) is 1. The number of hydrogen-bond donors (Lipinski definition) is 0. The first-order valence-corrected chi connectivity index (χ1v) is 9.66. The second-order valence-corrected chi connectivity index (χ2v) is 8.09. The molecule has 0 spiro atoms. The predicted octanol–water partition coefficient (Wildman–Crippen LogP) is 2.64. The zero-order valence-corrected chi connectivity index (χ0v) is 15.1. The van der Waals surface area contributed by atoms with Gasteiger partial charge in [0, 0.05) is 37.6 Å². The van der Waals surface area contributed by atoms with Crippen LogP contribution < -0.4 is 0 Å². The first-order valence-electron chi connectivity index (χ1n) is 8.78. The Bertz CT molecular complexity index is 487. The van der Waals surface area contributed by atoms with E-state index in [4.69, 9.17) is 4.74 Å². The molecule has 3 rings (SSSR count). The maximum absolute atomic E-state index is 12.4. The SMILES string of the molecule is C[C@H]1CN(CC2CCN(C(=O)Cc3cccs3)CC2)C[C@H](C)O1. The smallest absolute Gasteiger partial charge is 0.227 e. The Morgan fingerprint density at radius 1 is 1.26 bits per heavy atom. The Labute approximate surface area is 143 Å². The molecule has 1 aromatic rings. The lowest BCUT2D eigenvalue weighted by molar-refractivity contribution is -0.132. The average molecular weight is 337 g/mol. The minimum atomic E-state index is 0.291. The minimum absolute atomic E-state index is 0.291. The predicted molar refractivity (Wildman–Crippen MR) is 93.8 cm³/mol. The van der Waals surface area contributed by atoms with E-state index in [1.165, 1.54) is 4.88 Å². The quantitative estimate of drug-likeness (QED) is 0.847. The summed E-state index contributed by atoms with van der Waals surface area (Å²) in [6.45, 7) is 9.41. The van der Waals surface area contributed by atoms with Gasteiger partial charge in [0.25, 0.3) is 0 Å². The van der Waals surface area contributed by atoms with Crippen LogP contribution >= 0.6 is 11.3 Å². The zero-order chi connectivity index (χ0) is 16.2. The number of thiophene rings is 1. The highest BCUT2D eigenvalue weighted by molar-refractivity contribution is 7.10. The third-order valence-corrected chi connectivity index (χ3v) is 5.76. The van der Waals surface area contributed by atoms with Crippen molar-refractivity contribution in [1.82, 2.24) is 9.80 Å². The Morgan fingerprint density at radius 3 is 2.57 bits per heavy atom. The molecule has 2 aliphatic heterocycles. The summed E-state index contributed by atoms with van der Waals surface area (Å²) in [6, 6.07) is 4.07. The topological polar surface area (TPSA) is 32.8 Å². The lowest BCUT2D eigenvalue weighted by atomic mass is 9.95. The molecule has 0 aliphatic carbocycles. The van der Waals surface area contributed by atoms with Crippen molar-refractivity contribution in [2.24, 2.45) is 5.92 Å². The second-order valence-electron chi connectivity index (χ2n) is 7.06. The molecule has 1 amide bonds. The van der Waals surface area contributed by atoms with Gasteiger partial charge in [-0.15, -0.1) is 11.3 Å². The summed E-state index contributed by atoms with van der Waals surface area (Å²) in [5.41, 5.74) is 0. The van der Waals surface area contributed by atoms with E-state index in [-0.39, 0.29) is 0 Å². The van der Waals surface area contributed by atoms with Crippen LogP contribution in [0.2, 0.25) is 0 Å².